The average Bonchev–Trinajstić information content (AvgIpc) is 2.54. The fraction of sp³-hybridized carbons (Fsp3) is 0.500. The Labute approximate surface area is 125 Å². The molecule has 0 saturated carbocycles. The van der Waals surface area contributed by atoms with E-state index in [4.69, 9.17) is 4.74 Å². The van der Waals surface area contributed by atoms with Gasteiger partial charge in [0.15, 0.2) is 6.29 Å². The smallest absolute Gasteiger partial charge is 0.410 e. The number of rotatable bonds is 6. The molecule has 1 amide bonds. The Morgan fingerprint density at radius 1 is 1.14 bits per heavy atom. The highest BCUT2D eigenvalue weighted by atomic mass is 16.6. The predicted octanol–water partition coefficient (Wildman–Crippen LogP) is 1.83. The SMILES string of the molecule is O=[C]CCCN1CCN(C(=O)OCc2ccccc2)CC1. The number of carbonyl (C=O) groups excluding carboxylic acids is 2. The maximum atomic E-state index is 12.0. The van der Waals surface area contributed by atoms with Gasteiger partial charge in [-0.1, -0.05) is 30.3 Å². The minimum Gasteiger partial charge on any atom is -0.445 e. The van der Waals surface area contributed by atoms with E-state index in [0.29, 0.717) is 26.1 Å². The van der Waals surface area contributed by atoms with E-state index < -0.39 is 0 Å². The number of hydrogen-bond acceptors (Lipinski definition) is 4. The normalized spacial score (nSPS) is 15.7. The van der Waals surface area contributed by atoms with Crippen LogP contribution in [0, 0.1) is 0 Å². The van der Waals surface area contributed by atoms with Crippen molar-refractivity contribution in [2.45, 2.75) is 19.4 Å². The maximum absolute atomic E-state index is 12.0. The number of unbranched alkanes of at least 4 members (excludes halogenated alkanes) is 1. The van der Waals surface area contributed by atoms with Crippen LogP contribution in [0.2, 0.25) is 0 Å². The maximum Gasteiger partial charge on any atom is 0.410 e. The van der Waals surface area contributed by atoms with Crippen molar-refractivity contribution < 1.29 is 14.3 Å². The molecule has 0 aliphatic carbocycles. The van der Waals surface area contributed by atoms with Gasteiger partial charge < -0.3 is 9.64 Å². The zero-order valence-corrected chi connectivity index (χ0v) is 12.2. The lowest BCUT2D eigenvalue weighted by atomic mass is 10.2. The highest BCUT2D eigenvalue weighted by Crippen LogP contribution is 2.07. The molecule has 0 spiro atoms. The van der Waals surface area contributed by atoms with Gasteiger partial charge in [-0.2, -0.15) is 0 Å². The number of nitrogens with zero attached hydrogens (tertiary/aromatic N) is 2. The van der Waals surface area contributed by atoms with Crippen LogP contribution in [0.5, 0.6) is 0 Å². The monoisotopic (exact) mass is 289 g/mol. The molecule has 113 valence electrons. The quantitative estimate of drug-likeness (QED) is 0.750. The Bertz CT molecular complexity index is 442. The zero-order chi connectivity index (χ0) is 14.9. The van der Waals surface area contributed by atoms with Crippen LogP contribution in [-0.2, 0) is 16.1 Å². The van der Waals surface area contributed by atoms with Gasteiger partial charge in [0.25, 0.3) is 0 Å². The molecule has 0 N–H and O–H groups in total. The molecule has 21 heavy (non-hydrogen) atoms. The standard InChI is InChI=1S/C16H21N2O3/c19-13-5-4-8-17-9-11-18(12-10-17)16(20)21-14-15-6-2-1-3-7-15/h1-3,6-7H,4-5,8-12,14H2. The lowest BCUT2D eigenvalue weighted by Crippen LogP contribution is -2.48. The topological polar surface area (TPSA) is 49.9 Å². The van der Waals surface area contributed by atoms with Gasteiger partial charge in [-0.15, -0.1) is 0 Å². The van der Waals surface area contributed by atoms with Gasteiger partial charge in [-0.3, -0.25) is 9.69 Å². The Balaban J connectivity index is 1.67. The van der Waals surface area contributed by atoms with Gasteiger partial charge in [0.2, 0.25) is 0 Å². The molecule has 1 saturated heterocycles. The van der Waals surface area contributed by atoms with Crippen molar-refractivity contribution in [1.29, 1.82) is 0 Å². The Morgan fingerprint density at radius 2 is 1.86 bits per heavy atom. The first-order valence-corrected chi connectivity index (χ1v) is 7.32. The highest BCUT2D eigenvalue weighted by molar-refractivity contribution is 5.67. The van der Waals surface area contributed by atoms with E-state index in [9.17, 15) is 9.59 Å². The Morgan fingerprint density at radius 3 is 2.52 bits per heavy atom. The van der Waals surface area contributed by atoms with Crippen LogP contribution in [0.1, 0.15) is 18.4 Å². The van der Waals surface area contributed by atoms with Crippen molar-refractivity contribution in [3.8, 4) is 0 Å². The van der Waals surface area contributed by atoms with Crippen molar-refractivity contribution in [2.24, 2.45) is 0 Å². The van der Waals surface area contributed by atoms with Crippen LogP contribution in [0.4, 0.5) is 4.79 Å². The molecule has 5 nitrogen and oxygen atoms in total. The van der Waals surface area contributed by atoms with E-state index in [1.54, 1.807) is 4.90 Å². The van der Waals surface area contributed by atoms with Crippen LogP contribution in [0.25, 0.3) is 0 Å². The molecule has 1 aromatic carbocycles. The molecule has 5 heteroatoms. The summed E-state index contributed by atoms with van der Waals surface area (Å²) in [7, 11) is 0. The van der Waals surface area contributed by atoms with Gasteiger partial charge in [0, 0.05) is 32.6 Å². The summed E-state index contributed by atoms with van der Waals surface area (Å²) in [6, 6.07) is 9.68. The molecule has 1 aromatic rings. The van der Waals surface area contributed by atoms with E-state index in [1.807, 2.05) is 36.6 Å². The lowest BCUT2D eigenvalue weighted by Gasteiger charge is -2.33. The Hall–Kier alpha value is -1.88. The van der Waals surface area contributed by atoms with Crippen LogP contribution in [0.15, 0.2) is 30.3 Å². The summed E-state index contributed by atoms with van der Waals surface area (Å²) in [5.41, 5.74) is 0.995. The fourth-order valence-corrected chi connectivity index (χ4v) is 2.34. The van der Waals surface area contributed by atoms with Crippen molar-refractivity contribution in [3.05, 3.63) is 35.9 Å². The third kappa shape index (κ3) is 5.19. The molecule has 0 unspecified atom stereocenters. The number of piperazine rings is 1. The second-order valence-electron chi connectivity index (χ2n) is 5.12. The second-order valence-corrected chi connectivity index (χ2v) is 5.12. The predicted molar refractivity (Wildman–Crippen MR) is 79.6 cm³/mol. The van der Waals surface area contributed by atoms with Crippen LogP contribution < -0.4 is 0 Å². The van der Waals surface area contributed by atoms with E-state index in [2.05, 4.69) is 4.90 Å². The van der Waals surface area contributed by atoms with E-state index in [0.717, 1.165) is 31.6 Å². The largest absolute Gasteiger partial charge is 0.445 e. The fourth-order valence-electron chi connectivity index (χ4n) is 2.34. The van der Waals surface area contributed by atoms with E-state index in [-0.39, 0.29) is 6.09 Å². The van der Waals surface area contributed by atoms with Gasteiger partial charge in [0.1, 0.15) is 6.61 Å². The first kappa shape index (κ1) is 15.5. The molecule has 0 atom stereocenters. The average molecular weight is 289 g/mol. The van der Waals surface area contributed by atoms with Gasteiger partial charge in [-0.05, 0) is 18.5 Å². The molecule has 2 rings (SSSR count). The van der Waals surface area contributed by atoms with Gasteiger partial charge in [-0.25, -0.2) is 4.79 Å². The number of amides is 1. The number of hydrogen-bond donors (Lipinski definition) is 0. The molecule has 0 aromatic heterocycles. The molecule has 1 heterocycles. The minimum absolute atomic E-state index is 0.250. The summed E-state index contributed by atoms with van der Waals surface area (Å²) < 4.78 is 5.32. The number of benzene rings is 1. The molecular weight excluding hydrogens is 268 g/mol. The third-order valence-electron chi connectivity index (χ3n) is 3.59. The molecule has 1 aliphatic rings. The van der Waals surface area contributed by atoms with Crippen LogP contribution >= 0.6 is 0 Å². The van der Waals surface area contributed by atoms with Gasteiger partial charge in [0.05, 0.1) is 0 Å². The molecule has 0 bridgehead atoms. The zero-order valence-electron chi connectivity index (χ0n) is 12.2. The van der Waals surface area contributed by atoms with Crippen molar-refractivity contribution in [2.75, 3.05) is 32.7 Å². The third-order valence-corrected chi connectivity index (χ3v) is 3.59. The summed E-state index contributed by atoms with van der Waals surface area (Å²) in [6.07, 6.45) is 2.98. The summed E-state index contributed by atoms with van der Waals surface area (Å²) in [5.74, 6) is 0. The van der Waals surface area contributed by atoms with Crippen LogP contribution in [0.3, 0.4) is 0 Å². The number of ether oxygens (including phenoxy) is 1. The van der Waals surface area contributed by atoms with Crippen molar-refractivity contribution in [1.82, 2.24) is 9.80 Å². The van der Waals surface area contributed by atoms with Crippen molar-refractivity contribution in [3.63, 3.8) is 0 Å². The van der Waals surface area contributed by atoms with Gasteiger partial charge >= 0.3 is 6.09 Å². The Kier molecular flexibility index (Phi) is 6.22. The first-order valence-electron chi connectivity index (χ1n) is 7.32. The van der Waals surface area contributed by atoms with E-state index in [1.165, 1.54) is 0 Å². The first-order chi connectivity index (χ1) is 10.3. The van der Waals surface area contributed by atoms with E-state index >= 15 is 0 Å². The minimum atomic E-state index is -0.250. The van der Waals surface area contributed by atoms with Crippen molar-refractivity contribution >= 4 is 12.4 Å². The summed E-state index contributed by atoms with van der Waals surface area (Å²) in [6.45, 7) is 4.23. The molecule has 1 fully saturated rings. The lowest BCUT2D eigenvalue weighted by molar-refractivity contribution is 0.0715. The summed E-state index contributed by atoms with van der Waals surface area (Å²) >= 11 is 0. The van der Waals surface area contributed by atoms with Crippen LogP contribution in [-0.4, -0.2) is 54.9 Å². The molecular formula is C16H21N2O3. The molecule has 1 aliphatic heterocycles. The summed E-state index contributed by atoms with van der Waals surface area (Å²) in [4.78, 5) is 26.1. The highest BCUT2D eigenvalue weighted by Gasteiger charge is 2.21. The number of carbonyl (C=O) groups is 1. The summed E-state index contributed by atoms with van der Waals surface area (Å²) in [5, 5.41) is 0. The second kappa shape index (κ2) is 8.42. The molecule has 1 radical (unpaired) electrons.